The normalized spacial score (nSPS) is 21.3. The van der Waals surface area contributed by atoms with E-state index in [-0.39, 0.29) is 12.1 Å². The van der Waals surface area contributed by atoms with Gasteiger partial charge in [0.15, 0.2) is 0 Å². The molecule has 0 radical (unpaired) electrons. The molecule has 3 atom stereocenters. The lowest BCUT2D eigenvalue weighted by molar-refractivity contribution is -0.146. The Kier molecular flexibility index (Phi) is 6.50. The number of carboxylic acid groups (broad SMARTS) is 2. The number of hydrogen-bond donors (Lipinski definition) is 5. The minimum atomic E-state index is -1.16. The van der Waals surface area contributed by atoms with Crippen LogP contribution in [0.25, 0.3) is 0 Å². The minimum Gasteiger partial charge on any atom is -0.481 e. The summed E-state index contributed by atoms with van der Waals surface area (Å²) in [4.78, 5) is 26.8. The van der Waals surface area contributed by atoms with Gasteiger partial charge in [0.1, 0.15) is 11.6 Å². The van der Waals surface area contributed by atoms with Crippen LogP contribution in [0.2, 0.25) is 0 Å². The van der Waals surface area contributed by atoms with E-state index in [0.29, 0.717) is 17.2 Å². The SMILES string of the molecule is C[C@@H](O)[C@@H](C(=O)O)[C@H]1CC(SCCN=CN)=C(C(=O)O)N1. The van der Waals surface area contributed by atoms with Crippen LogP contribution in [0, 0.1) is 5.92 Å². The molecule has 0 fully saturated rings. The van der Waals surface area contributed by atoms with Gasteiger partial charge in [-0.05, 0) is 6.92 Å². The van der Waals surface area contributed by atoms with Crippen molar-refractivity contribution in [3.8, 4) is 0 Å². The third-order valence-corrected chi connectivity index (χ3v) is 4.17. The molecule has 21 heavy (non-hydrogen) atoms. The van der Waals surface area contributed by atoms with Crippen LogP contribution < -0.4 is 11.1 Å². The molecule has 0 aliphatic carbocycles. The average molecular weight is 317 g/mol. The van der Waals surface area contributed by atoms with Gasteiger partial charge in [-0.3, -0.25) is 9.79 Å². The Hall–Kier alpha value is -1.74. The number of aliphatic hydroxyl groups excluding tert-OH is 1. The molecule has 1 aliphatic heterocycles. The van der Waals surface area contributed by atoms with Gasteiger partial charge in [0.25, 0.3) is 0 Å². The molecule has 0 spiro atoms. The van der Waals surface area contributed by atoms with E-state index in [9.17, 15) is 14.7 Å². The fourth-order valence-electron chi connectivity index (χ4n) is 2.16. The minimum absolute atomic E-state index is 0.00590. The zero-order valence-electron chi connectivity index (χ0n) is 11.5. The number of nitrogens with two attached hydrogens (primary N) is 1. The monoisotopic (exact) mass is 317 g/mol. The molecule has 6 N–H and O–H groups in total. The molecular weight excluding hydrogens is 298 g/mol. The highest BCUT2D eigenvalue weighted by molar-refractivity contribution is 8.03. The molecule has 1 rings (SSSR count). The van der Waals surface area contributed by atoms with Gasteiger partial charge in [-0.25, -0.2) is 4.79 Å². The largest absolute Gasteiger partial charge is 0.481 e. The van der Waals surface area contributed by atoms with Gasteiger partial charge >= 0.3 is 11.9 Å². The first kappa shape index (κ1) is 17.3. The molecule has 1 heterocycles. The maximum atomic E-state index is 11.2. The Morgan fingerprint density at radius 2 is 2.24 bits per heavy atom. The van der Waals surface area contributed by atoms with Gasteiger partial charge in [0.2, 0.25) is 0 Å². The van der Waals surface area contributed by atoms with Crippen LogP contribution in [0.4, 0.5) is 0 Å². The van der Waals surface area contributed by atoms with Crippen LogP contribution in [-0.2, 0) is 9.59 Å². The Labute approximate surface area is 126 Å². The second-order valence-electron chi connectivity index (χ2n) is 4.57. The summed E-state index contributed by atoms with van der Waals surface area (Å²) in [5.41, 5.74) is 5.11. The van der Waals surface area contributed by atoms with Crippen molar-refractivity contribution in [2.24, 2.45) is 16.6 Å². The van der Waals surface area contributed by atoms with Gasteiger partial charge in [0.05, 0.1) is 19.0 Å². The number of nitrogens with one attached hydrogen (secondary N) is 1. The van der Waals surface area contributed by atoms with E-state index in [2.05, 4.69) is 10.3 Å². The van der Waals surface area contributed by atoms with Gasteiger partial charge < -0.3 is 26.4 Å². The van der Waals surface area contributed by atoms with Crippen molar-refractivity contribution >= 4 is 30.0 Å². The van der Waals surface area contributed by atoms with Crippen LogP contribution in [-0.4, -0.2) is 58.0 Å². The topological polar surface area (TPSA) is 145 Å². The first-order valence-corrected chi connectivity index (χ1v) is 7.33. The third-order valence-electron chi connectivity index (χ3n) is 3.07. The van der Waals surface area contributed by atoms with Crippen LogP contribution >= 0.6 is 11.8 Å². The number of hydrogen-bond acceptors (Lipinski definition) is 6. The fourth-order valence-corrected chi connectivity index (χ4v) is 3.19. The number of carboxylic acids is 2. The highest BCUT2D eigenvalue weighted by atomic mass is 32.2. The van der Waals surface area contributed by atoms with Crippen molar-refractivity contribution < 1.29 is 24.9 Å². The second kappa shape index (κ2) is 7.89. The molecule has 0 amide bonds. The van der Waals surface area contributed by atoms with E-state index in [1.807, 2.05) is 0 Å². The molecule has 0 aromatic carbocycles. The average Bonchev–Trinajstić information content (AvgIpc) is 2.77. The number of thioether (sulfide) groups is 1. The molecule has 0 saturated heterocycles. The second-order valence-corrected chi connectivity index (χ2v) is 5.76. The lowest BCUT2D eigenvalue weighted by Gasteiger charge is -2.23. The maximum absolute atomic E-state index is 11.2. The quantitative estimate of drug-likeness (QED) is 0.228. The molecule has 118 valence electrons. The summed E-state index contributed by atoms with van der Waals surface area (Å²) in [5, 5.41) is 30.6. The molecule has 0 unspecified atom stereocenters. The van der Waals surface area contributed by atoms with E-state index in [4.69, 9.17) is 15.9 Å². The van der Waals surface area contributed by atoms with E-state index in [0.717, 1.165) is 0 Å². The number of carbonyl (C=O) groups is 2. The van der Waals surface area contributed by atoms with Crippen LogP contribution in [0.3, 0.4) is 0 Å². The molecule has 0 aromatic rings. The van der Waals surface area contributed by atoms with Gasteiger partial charge in [0, 0.05) is 23.1 Å². The molecule has 0 aromatic heterocycles. The van der Waals surface area contributed by atoms with Crippen molar-refractivity contribution in [2.75, 3.05) is 12.3 Å². The van der Waals surface area contributed by atoms with Gasteiger partial charge in [-0.1, -0.05) is 0 Å². The molecule has 1 aliphatic rings. The molecule has 0 saturated carbocycles. The zero-order valence-corrected chi connectivity index (χ0v) is 12.3. The first-order chi connectivity index (χ1) is 9.88. The number of aliphatic hydroxyl groups is 1. The smallest absolute Gasteiger partial charge is 0.352 e. The number of nitrogens with zero attached hydrogens (tertiary/aromatic N) is 1. The molecule has 0 bridgehead atoms. The van der Waals surface area contributed by atoms with Crippen LogP contribution in [0.15, 0.2) is 15.6 Å². The Morgan fingerprint density at radius 1 is 1.57 bits per heavy atom. The molecule has 8 nitrogen and oxygen atoms in total. The number of aliphatic carboxylic acids is 2. The summed E-state index contributed by atoms with van der Waals surface area (Å²) in [6.45, 7) is 1.82. The Balaban J connectivity index is 2.78. The lowest BCUT2D eigenvalue weighted by atomic mass is 9.93. The van der Waals surface area contributed by atoms with Gasteiger partial charge in [-0.2, -0.15) is 0 Å². The van der Waals surface area contributed by atoms with E-state index in [1.54, 1.807) is 0 Å². The molecular formula is C12H19N3O5S. The summed E-state index contributed by atoms with van der Waals surface area (Å²) in [7, 11) is 0. The van der Waals surface area contributed by atoms with Crippen molar-refractivity contribution in [1.29, 1.82) is 0 Å². The van der Waals surface area contributed by atoms with Crippen molar-refractivity contribution in [1.82, 2.24) is 5.32 Å². The van der Waals surface area contributed by atoms with Crippen molar-refractivity contribution in [3.63, 3.8) is 0 Å². The van der Waals surface area contributed by atoms with Crippen molar-refractivity contribution in [2.45, 2.75) is 25.5 Å². The Bertz CT molecular complexity index is 464. The van der Waals surface area contributed by atoms with E-state index in [1.165, 1.54) is 25.0 Å². The maximum Gasteiger partial charge on any atom is 0.352 e. The zero-order chi connectivity index (χ0) is 16.0. The van der Waals surface area contributed by atoms with Crippen LogP contribution in [0.5, 0.6) is 0 Å². The highest BCUT2D eigenvalue weighted by Crippen LogP contribution is 2.33. The number of rotatable bonds is 8. The Morgan fingerprint density at radius 3 is 2.71 bits per heavy atom. The van der Waals surface area contributed by atoms with Crippen LogP contribution in [0.1, 0.15) is 13.3 Å². The van der Waals surface area contributed by atoms with E-state index >= 15 is 0 Å². The fraction of sp³-hybridized carbons (Fsp3) is 0.583. The first-order valence-electron chi connectivity index (χ1n) is 6.35. The predicted molar refractivity (Wildman–Crippen MR) is 79.0 cm³/mol. The number of aliphatic imine (C=N–C) groups is 1. The van der Waals surface area contributed by atoms with E-state index < -0.39 is 30.0 Å². The highest BCUT2D eigenvalue weighted by Gasteiger charge is 2.39. The standard InChI is InChI=1S/C12H19N3O5S/c1-6(16)9(11(17)18)7-4-8(10(15-7)12(19)20)21-3-2-14-5-13/h5-7,9,15-16H,2-4H2,1H3,(H2,13,14)(H,17,18)(H,19,20)/t6-,7-,9-/m1/s1. The summed E-state index contributed by atoms with van der Waals surface area (Å²) < 4.78 is 0. The lowest BCUT2D eigenvalue weighted by Crippen LogP contribution is -2.43. The summed E-state index contributed by atoms with van der Waals surface area (Å²) in [6, 6.07) is -0.644. The summed E-state index contributed by atoms with van der Waals surface area (Å²) >= 11 is 1.30. The predicted octanol–water partition coefficient (Wildman–Crippen LogP) is -0.554. The molecule has 9 heteroatoms. The van der Waals surface area contributed by atoms with Gasteiger partial charge in [-0.15, -0.1) is 11.8 Å². The summed E-state index contributed by atoms with van der Waals surface area (Å²) in [6.07, 6.45) is 0.346. The van der Waals surface area contributed by atoms with Crippen molar-refractivity contribution in [3.05, 3.63) is 10.6 Å². The third kappa shape index (κ3) is 4.64. The summed E-state index contributed by atoms with van der Waals surface area (Å²) in [5.74, 6) is -2.83.